The minimum absolute atomic E-state index is 0.169. The predicted octanol–water partition coefficient (Wildman–Crippen LogP) is 3.22. The van der Waals surface area contributed by atoms with Crippen molar-refractivity contribution in [2.75, 3.05) is 0 Å². The van der Waals surface area contributed by atoms with Gasteiger partial charge in [0, 0.05) is 5.41 Å². The van der Waals surface area contributed by atoms with Gasteiger partial charge in [0.25, 0.3) is 0 Å². The average Bonchev–Trinajstić information content (AvgIpc) is 2.03. The Hall–Kier alpha value is -0.530. The maximum atomic E-state index is 5.47. The molecule has 0 aromatic heterocycles. The van der Waals surface area contributed by atoms with Crippen LogP contribution in [-0.4, -0.2) is 11.8 Å². The summed E-state index contributed by atoms with van der Waals surface area (Å²) in [6.45, 7) is 10.9. The zero-order valence-corrected chi connectivity index (χ0v) is 9.42. The molecular weight excluding hydrogens is 162 g/mol. The van der Waals surface area contributed by atoms with Crippen LogP contribution in [0.4, 0.5) is 0 Å². The molecule has 0 spiro atoms. The van der Waals surface area contributed by atoms with Gasteiger partial charge in [-0.1, -0.05) is 39.8 Å². The molecule has 0 saturated heterocycles. The van der Waals surface area contributed by atoms with E-state index < -0.39 is 0 Å². The molecule has 1 unspecified atom stereocenters. The van der Waals surface area contributed by atoms with Crippen LogP contribution in [0.2, 0.25) is 0 Å². The quantitative estimate of drug-likeness (QED) is 0.611. The van der Waals surface area contributed by atoms with Crippen molar-refractivity contribution in [2.24, 2.45) is 16.5 Å². The lowest BCUT2D eigenvalue weighted by Crippen LogP contribution is -2.30. The Bertz CT molecular complexity index is 201. The zero-order valence-electron chi connectivity index (χ0n) is 9.42. The summed E-state index contributed by atoms with van der Waals surface area (Å²) in [4.78, 5) is 5.47. The highest BCUT2D eigenvalue weighted by Gasteiger charge is 2.26. The molecule has 0 aromatic rings. The van der Waals surface area contributed by atoms with Gasteiger partial charge in [0.05, 0.1) is 5.71 Å². The molecule has 0 fully saturated rings. The van der Waals surface area contributed by atoms with E-state index in [0.29, 0.717) is 12.0 Å². The lowest BCUT2D eigenvalue weighted by Gasteiger charge is -2.29. The molecule has 0 aliphatic carbocycles. The predicted molar refractivity (Wildman–Crippen MR) is 55.8 cm³/mol. The molecule has 0 amide bonds. The van der Waals surface area contributed by atoms with Gasteiger partial charge in [0.1, 0.15) is 6.10 Å². The van der Waals surface area contributed by atoms with Gasteiger partial charge in [0.15, 0.2) is 0 Å². The standard InChI is InChI=1S/C11H21NO/c1-8(2)9-6-7-10(12-13-9)11(3,4)5/h8-9H,6-7H2,1-5H3. The van der Waals surface area contributed by atoms with E-state index in [-0.39, 0.29) is 5.41 Å². The molecule has 1 heterocycles. The monoisotopic (exact) mass is 183 g/mol. The summed E-state index contributed by atoms with van der Waals surface area (Å²) < 4.78 is 0. The van der Waals surface area contributed by atoms with E-state index in [0.717, 1.165) is 12.8 Å². The second-order valence-corrected chi connectivity index (χ2v) is 5.21. The van der Waals surface area contributed by atoms with Crippen LogP contribution in [0.25, 0.3) is 0 Å². The Morgan fingerprint density at radius 1 is 1.38 bits per heavy atom. The Kier molecular flexibility index (Phi) is 2.99. The number of nitrogens with zero attached hydrogens (tertiary/aromatic N) is 1. The van der Waals surface area contributed by atoms with Gasteiger partial charge in [-0.2, -0.15) is 0 Å². The average molecular weight is 183 g/mol. The lowest BCUT2D eigenvalue weighted by molar-refractivity contribution is 0.00979. The van der Waals surface area contributed by atoms with Crippen LogP contribution >= 0.6 is 0 Å². The van der Waals surface area contributed by atoms with Gasteiger partial charge >= 0.3 is 0 Å². The lowest BCUT2D eigenvalue weighted by atomic mass is 9.85. The molecule has 0 bridgehead atoms. The van der Waals surface area contributed by atoms with Crippen LogP contribution in [0.5, 0.6) is 0 Å². The minimum Gasteiger partial charge on any atom is -0.392 e. The maximum Gasteiger partial charge on any atom is 0.130 e. The number of hydrogen-bond acceptors (Lipinski definition) is 2. The first-order valence-electron chi connectivity index (χ1n) is 5.14. The first-order chi connectivity index (χ1) is 5.91. The fraction of sp³-hybridized carbons (Fsp3) is 0.909. The molecule has 76 valence electrons. The Balaban J connectivity index is 2.58. The van der Waals surface area contributed by atoms with Gasteiger partial charge in [0.2, 0.25) is 0 Å². The van der Waals surface area contributed by atoms with Crippen molar-refractivity contribution in [2.45, 2.75) is 53.6 Å². The Morgan fingerprint density at radius 3 is 2.31 bits per heavy atom. The van der Waals surface area contributed by atoms with Gasteiger partial charge in [-0.25, -0.2) is 0 Å². The fourth-order valence-electron chi connectivity index (χ4n) is 1.48. The van der Waals surface area contributed by atoms with Crippen molar-refractivity contribution in [3.8, 4) is 0 Å². The van der Waals surface area contributed by atoms with E-state index in [1.54, 1.807) is 0 Å². The maximum absolute atomic E-state index is 5.47. The van der Waals surface area contributed by atoms with Gasteiger partial charge in [-0.15, -0.1) is 0 Å². The fourth-order valence-corrected chi connectivity index (χ4v) is 1.48. The largest absolute Gasteiger partial charge is 0.392 e. The molecule has 0 aromatic carbocycles. The smallest absolute Gasteiger partial charge is 0.130 e. The van der Waals surface area contributed by atoms with E-state index in [2.05, 4.69) is 39.8 Å². The second kappa shape index (κ2) is 3.69. The van der Waals surface area contributed by atoms with Crippen LogP contribution in [0.1, 0.15) is 47.5 Å². The van der Waals surface area contributed by atoms with Crippen molar-refractivity contribution in [1.82, 2.24) is 0 Å². The third kappa shape index (κ3) is 2.71. The van der Waals surface area contributed by atoms with Crippen LogP contribution in [0.15, 0.2) is 5.16 Å². The highest BCUT2D eigenvalue weighted by molar-refractivity contribution is 5.89. The second-order valence-electron chi connectivity index (χ2n) is 5.21. The van der Waals surface area contributed by atoms with E-state index in [1.165, 1.54) is 5.71 Å². The molecule has 2 nitrogen and oxygen atoms in total. The summed E-state index contributed by atoms with van der Waals surface area (Å²) in [5, 5.41) is 4.22. The van der Waals surface area contributed by atoms with E-state index >= 15 is 0 Å². The van der Waals surface area contributed by atoms with Crippen molar-refractivity contribution in [3.63, 3.8) is 0 Å². The molecule has 0 N–H and O–H groups in total. The van der Waals surface area contributed by atoms with Crippen LogP contribution in [-0.2, 0) is 4.84 Å². The molecule has 0 saturated carbocycles. The summed E-state index contributed by atoms with van der Waals surface area (Å²) in [6.07, 6.45) is 2.53. The minimum atomic E-state index is 0.169. The molecule has 0 radical (unpaired) electrons. The summed E-state index contributed by atoms with van der Waals surface area (Å²) in [5.41, 5.74) is 1.37. The SMILES string of the molecule is CC(C)C1CCC(C(C)(C)C)=NO1. The number of oxime groups is 1. The molecule has 1 rings (SSSR count). The normalized spacial score (nSPS) is 24.2. The van der Waals surface area contributed by atoms with Crippen molar-refractivity contribution in [3.05, 3.63) is 0 Å². The first-order valence-corrected chi connectivity index (χ1v) is 5.14. The molecule has 2 heteroatoms. The van der Waals surface area contributed by atoms with Crippen LogP contribution < -0.4 is 0 Å². The van der Waals surface area contributed by atoms with E-state index in [4.69, 9.17) is 4.84 Å². The van der Waals surface area contributed by atoms with Crippen molar-refractivity contribution < 1.29 is 4.84 Å². The topological polar surface area (TPSA) is 21.6 Å². The third-order valence-corrected chi connectivity index (χ3v) is 2.57. The van der Waals surface area contributed by atoms with Gasteiger partial charge < -0.3 is 4.84 Å². The van der Waals surface area contributed by atoms with Crippen molar-refractivity contribution in [1.29, 1.82) is 0 Å². The molecule has 1 aliphatic rings. The molecular formula is C11H21NO. The Morgan fingerprint density at radius 2 is 2.00 bits per heavy atom. The molecule has 1 aliphatic heterocycles. The van der Waals surface area contributed by atoms with Crippen LogP contribution in [0.3, 0.4) is 0 Å². The van der Waals surface area contributed by atoms with Crippen molar-refractivity contribution >= 4 is 5.71 Å². The van der Waals surface area contributed by atoms with Gasteiger partial charge in [-0.05, 0) is 18.8 Å². The number of rotatable bonds is 1. The first kappa shape index (κ1) is 10.6. The third-order valence-electron chi connectivity index (χ3n) is 2.57. The molecule has 1 atom stereocenters. The zero-order chi connectivity index (χ0) is 10.1. The summed E-state index contributed by atoms with van der Waals surface area (Å²) in [5.74, 6) is 0.574. The number of hydrogen-bond donors (Lipinski definition) is 0. The van der Waals surface area contributed by atoms with Crippen LogP contribution in [0, 0.1) is 11.3 Å². The van der Waals surface area contributed by atoms with E-state index in [1.807, 2.05) is 0 Å². The highest BCUT2D eigenvalue weighted by Crippen LogP contribution is 2.26. The summed E-state index contributed by atoms with van der Waals surface area (Å²) >= 11 is 0. The van der Waals surface area contributed by atoms with E-state index in [9.17, 15) is 0 Å². The molecule has 13 heavy (non-hydrogen) atoms. The highest BCUT2D eigenvalue weighted by atomic mass is 16.6. The summed E-state index contributed by atoms with van der Waals surface area (Å²) in [7, 11) is 0. The summed E-state index contributed by atoms with van der Waals surface area (Å²) in [6, 6.07) is 0. The Labute approximate surface area is 81.3 Å². The van der Waals surface area contributed by atoms with Gasteiger partial charge in [-0.3, -0.25) is 0 Å².